The molecule has 1 aromatic carbocycles. The largest absolute Gasteiger partial charge is 0.424 e. The second kappa shape index (κ2) is 6.57. The first-order chi connectivity index (χ1) is 10.7. The average molecular weight is 405 g/mol. The number of nitrogens with zero attached hydrogens (tertiary/aromatic N) is 1. The summed E-state index contributed by atoms with van der Waals surface area (Å²) in [6, 6.07) is 8.03. The van der Waals surface area contributed by atoms with Crippen LogP contribution in [-0.4, -0.2) is 10.5 Å². The maximum Gasteiger partial charge on any atom is 0.361 e. The molecule has 0 bridgehead atoms. The average Bonchev–Trinajstić information content (AvgIpc) is 2.81. The van der Waals surface area contributed by atoms with Crippen LogP contribution in [0.2, 0.25) is 0 Å². The van der Waals surface area contributed by atoms with Crippen molar-refractivity contribution in [1.82, 2.24) is 4.57 Å². The summed E-state index contributed by atoms with van der Waals surface area (Å²) >= 11 is 2.21. The Hall–Kier alpha value is -1.74. The van der Waals surface area contributed by atoms with Gasteiger partial charge < -0.3 is 9.30 Å². The predicted octanol–water partition coefficient (Wildman–Crippen LogP) is 4.49. The Morgan fingerprint density at radius 3 is 3.05 bits per heavy atom. The van der Waals surface area contributed by atoms with Crippen LogP contribution in [0, 0.1) is 15.4 Å². The molecule has 0 radical (unpaired) electrons. The number of unbranched alkanes of at least 4 members (excludes halogenated alkanes) is 2. The molecule has 0 saturated heterocycles. The van der Waals surface area contributed by atoms with E-state index in [0.29, 0.717) is 18.0 Å². The number of aromatic nitrogens is 1. The molecular formula is C18H16INO2. The van der Waals surface area contributed by atoms with Gasteiger partial charge in [-0.25, -0.2) is 4.79 Å². The van der Waals surface area contributed by atoms with Gasteiger partial charge in [-0.1, -0.05) is 43.4 Å². The smallest absolute Gasteiger partial charge is 0.361 e. The first kappa shape index (κ1) is 15.2. The maximum absolute atomic E-state index is 12.3. The Balaban J connectivity index is 1.95. The van der Waals surface area contributed by atoms with E-state index in [2.05, 4.69) is 41.4 Å². The van der Waals surface area contributed by atoms with Crippen LogP contribution in [0.15, 0.2) is 36.1 Å². The van der Waals surface area contributed by atoms with E-state index in [9.17, 15) is 4.79 Å². The van der Waals surface area contributed by atoms with Crippen molar-refractivity contribution in [3.05, 3.63) is 45.4 Å². The molecule has 0 amide bonds. The summed E-state index contributed by atoms with van der Waals surface area (Å²) in [4.78, 5) is 12.3. The van der Waals surface area contributed by atoms with Crippen LogP contribution >= 0.6 is 22.6 Å². The van der Waals surface area contributed by atoms with E-state index in [0.717, 1.165) is 33.7 Å². The van der Waals surface area contributed by atoms with E-state index in [1.807, 2.05) is 28.8 Å². The summed E-state index contributed by atoms with van der Waals surface area (Å²) in [5.41, 5.74) is 1.70. The molecule has 0 spiro atoms. The Morgan fingerprint density at radius 1 is 1.41 bits per heavy atom. The Labute approximate surface area is 143 Å². The minimum Gasteiger partial charge on any atom is -0.424 e. The van der Waals surface area contributed by atoms with Crippen LogP contribution in [0.5, 0.6) is 0 Å². The van der Waals surface area contributed by atoms with Gasteiger partial charge in [-0.3, -0.25) is 0 Å². The molecule has 0 saturated carbocycles. The fraction of sp³-hybridized carbons (Fsp3) is 0.278. The summed E-state index contributed by atoms with van der Waals surface area (Å²) in [5.74, 6) is 6.39. The number of halogens is 1. The fourth-order valence-electron chi connectivity index (χ4n) is 2.52. The number of carbonyl (C=O) groups is 1. The van der Waals surface area contributed by atoms with E-state index in [1.54, 1.807) is 6.08 Å². The number of ether oxygens (including phenoxy) is 1. The number of carbonyl (C=O) groups excluding carboxylic acids is 1. The summed E-state index contributed by atoms with van der Waals surface area (Å²) in [6.07, 6.45) is 4.83. The van der Waals surface area contributed by atoms with Crippen molar-refractivity contribution in [3.63, 3.8) is 0 Å². The molecule has 4 heteroatoms. The van der Waals surface area contributed by atoms with Crippen molar-refractivity contribution in [2.45, 2.75) is 32.7 Å². The zero-order chi connectivity index (χ0) is 15.5. The first-order valence-corrected chi connectivity index (χ1v) is 8.46. The number of fused-ring (bicyclic) bond motifs is 3. The lowest BCUT2D eigenvalue weighted by atomic mass is 10.2. The molecule has 1 aliphatic heterocycles. The lowest BCUT2D eigenvalue weighted by Gasteiger charge is -2.18. The number of esters is 1. The Bertz CT molecular complexity index is 821. The van der Waals surface area contributed by atoms with Gasteiger partial charge in [0.2, 0.25) is 0 Å². The molecule has 22 heavy (non-hydrogen) atoms. The van der Waals surface area contributed by atoms with Crippen LogP contribution in [0.1, 0.15) is 36.7 Å². The molecule has 0 unspecified atom stereocenters. The number of cyclic esters (lactones) is 1. The highest BCUT2D eigenvalue weighted by Crippen LogP contribution is 2.31. The lowest BCUT2D eigenvalue weighted by molar-refractivity contribution is 0.0562. The van der Waals surface area contributed by atoms with Gasteiger partial charge in [0, 0.05) is 17.9 Å². The molecule has 0 aliphatic carbocycles. The molecule has 3 nitrogen and oxygen atoms in total. The van der Waals surface area contributed by atoms with E-state index in [-0.39, 0.29) is 5.97 Å². The Kier molecular flexibility index (Phi) is 4.53. The molecule has 2 heterocycles. The van der Waals surface area contributed by atoms with E-state index >= 15 is 0 Å². The van der Waals surface area contributed by atoms with Crippen LogP contribution < -0.4 is 0 Å². The fourth-order valence-corrected chi connectivity index (χ4v) is 3.49. The highest BCUT2D eigenvalue weighted by molar-refractivity contribution is 14.1. The number of benzene rings is 1. The number of hydrogen-bond donors (Lipinski definition) is 0. The highest BCUT2D eigenvalue weighted by atomic mass is 127. The molecule has 0 atom stereocenters. The number of allylic oxidation sites excluding steroid dienone is 2. The second-order valence-corrected chi connectivity index (χ2v) is 6.27. The van der Waals surface area contributed by atoms with Gasteiger partial charge >= 0.3 is 5.97 Å². The molecule has 0 fully saturated rings. The van der Waals surface area contributed by atoms with Gasteiger partial charge in [-0.15, -0.1) is 0 Å². The van der Waals surface area contributed by atoms with E-state index in [1.165, 1.54) is 0 Å². The van der Waals surface area contributed by atoms with Gasteiger partial charge in [0.25, 0.3) is 0 Å². The van der Waals surface area contributed by atoms with Crippen LogP contribution in [-0.2, 0) is 11.3 Å². The minimum atomic E-state index is -0.298. The van der Waals surface area contributed by atoms with Crippen LogP contribution in [0.4, 0.5) is 0 Å². The Morgan fingerprint density at radius 2 is 2.23 bits per heavy atom. The maximum atomic E-state index is 12.3. The van der Waals surface area contributed by atoms with Crippen molar-refractivity contribution >= 4 is 39.5 Å². The quantitative estimate of drug-likeness (QED) is 0.319. The monoisotopic (exact) mass is 405 g/mol. The number of hydrogen-bond acceptors (Lipinski definition) is 2. The number of para-hydroxylation sites is 1. The SMILES string of the molecule is CCCCC#C/C=C1\Cn2c(c(I)c3ccccc32)C(=O)O1. The van der Waals surface area contributed by atoms with Gasteiger partial charge in [0.15, 0.2) is 0 Å². The molecule has 2 aromatic rings. The van der Waals surface area contributed by atoms with Gasteiger partial charge in [0.05, 0.1) is 15.6 Å². The number of rotatable bonds is 2. The van der Waals surface area contributed by atoms with Crippen molar-refractivity contribution in [2.75, 3.05) is 0 Å². The zero-order valence-corrected chi connectivity index (χ0v) is 14.5. The van der Waals surface area contributed by atoms with Gasteiger partial charge in [0.1, 0.15) is 11.5 Å². The zero-order valence-electron chi connectivity index (χ0n) is 12.4. The summed E-state index contributed by atoms with van der Waals surface area (Å²) in [5, 5.41) is 1.09. The highest BCUT2D eigenvalue weighted by Gasteiger charge is 2.28. The first-order valence-electron chi connectivity index (χ1n) is 7.38. The van der Waals surface area contributed by atoms with E-state index < -0.39 is 0 Å². The van der Waals surface area contributed by atoms with Crippen molar-refractivity contribution in [2.24, 2.45) is 0 Å². The van der Waals surface area contributed by atoms with E-state index in [4.69, 9.17) is 4.74 Å². The lowest BCUT2D eigenvalue weighted by Crippen LogP contribution is -2.21. The van der Waals surface area contributed by atoms with Crippen LogP contribution in [0.25, 0.3) is 10.9 Å². The third-order valence-electron chi connectivity index (χ3n) is 3.63. The minimum absolute atomic E-state index is 0.298. The molecule has 1 aromatic heterocycles. The molecular weight excluding hydrogens is 389 g/mol. The topological polar surface area (TPSA) is 31.2 Å². The molecule has 1 aliphatic rings. The third kappa shape index (κ3) is 2.78. The molecule has 3 rings (SSSR count). The van der Waals surface area contributed by atoms with Gasteiger partial charge in [-0.05, 0) is 35.1 Å². The third-order valence-corrected chi connectivity index (χ3v) is 4.72. The second-order valence-electron chi connectivity index (χ2n) is 5.19. The normalized spacial score (nSPS) is 15.4. The molecule has 0 N–H and O–H groups in total. The summed E-state index contributed by atoms with van der Waals surface area (Å²) in [6.45, 7) is 2.69. The molecule has 112 valence electrons. The van der Waals surface area contributed by atoms with Crippen molar-refractivity contribution in [3.8, 4) is 11.8 Å². The van der Waals surface area contributed by atoms with Crippen molar-refractivity contribution in [1.29, 1.82) is 0 Å². The summed E-state index contributed by atoms with van der Waals surface area (Å²) < 4.78 is 8.39. The van der Waals surface area contributed by atoms with Crippen LogP contribution in [0.3, 0.4) is 0 Å². The summed E-state index contributed by atoms with van der Waals surface area (Å²) in [7, 11) is 0. The predicted molar refractivity (Wildman–Crippen MR) is 95.5 cm³/mol. The van der Waals surface area contributed by atoms with Crippen molar-refractivity contribution < 1.29 is 9.53 Å². The standard InChI is InChI=1S/C18H16INO2/c1-2-3-4-5-6-9-13-12-20-15-11-8-7-10-14(15)16(19)17(20)18(21)22-13/h7-11H,2-4,12H2,1H3/b13-9+. The van der Waals surface area contributed by atoms with Gasteiger partial charge in [-0.2, -0.15) is 0 Å².